The van der Waals surface area contributed by atoms with E-state index in [4.69, 9.17) is 23.2 Å². The van der Waals surface area contributed by atoms with Crippen LogP contribution in [0.1, 0.15) is 19.4 Å². The molecule has 0 bridgehead atoms. The Morgan fingerprint density at radius 1 is 1.32 bits per heavy atom. The standard InChI is InChI=1S/C13H12Cl2N2OS/c1-8(2)19(18)16-7-10-5-9-6-11(14)3-4-12(9)17-13(10)15/h3-8H,1-2H3/t19-/m0/s1. The molecule has 0 radical (unpaired) electrons. The van der Waals surface area contributed by atoms with Crippen molar-refractivity contribution >= 4 is 51.3 Å². The van der Waals surface area contributed by atoms with Crippen LogP contribution < -0.4 is 0 Å². The van der Waals surface area contributed by atoms with Crippen molar-refractivity contribution in [1.82, 2.24) is 4.98 Å². The summed E-state index contributed by atoms with van der Waals surface area (Å²) in [6, 6.07) is 7.19. The molecule has 1 aromatic heterocycles. The Morgan fingerprint density at radius 3 is 2.74 bits per heavy atom. The first-order valence-electron chi connectivity index (χ1n) is 5.68. The van der Waals surface area contributed by atoms with Gasteiger partial charge in [0.05, 0.1) is 10.8 Å². The van der Waals surface area contributed by atoms with Crippen LogP contribution in [0.2, 0.25) is 10.2 Å². The second-order valence-electron chi connectivity index (χ2n) is 4.26. The minimum absolute atomic E-state index is 0.0297. The third-order valence-electron chi connectivity index (χ3n) is 2.46. The SMILES string of the molecule is CC(C)[S@](=O)N=Cc1cc2cc(Cl)ccc2nc1Cl. The summed E-state index contributed by atoms with van der Waals surface area (Å²) < 4.78 is 15.5. The number of benzene rings is 1. The minimum atomic E-state index is -1.26. The van der Waals surface area contributed by atoms with Gasteiger partial charge in [-0.1, -0.05) is 23.2 Å². The molecular formula is C13H12Cl2N2OS. The molecule has 0 aliphatic heterocycles. The van der Waals surface area contributed by atoms with Crippen LogP contribution in [-0.4, -0.2) is 20.7 Å². The molecule has 0 saturated carbocycles. The van der Waals surface area contributed by atoms with Crippen molar-refractivity contribution in [3.8, 4) is 0 Å². The van der Waals surface area contributed by atoms with Gasteiger partial charge >= 0.3 is 0 Å². The molecule has 0 saturated heterocycles. The van der Waals surface area contributed by atoms with Crippen molar-refractivity contribution in [2.45, 2.75) is 19.1 Å². The average Bonchev–Trinajstić information content (AvgIpc) is 2.36. The van der Waals surface area contributed by atoms with Gasteiger partial charge in [-0.15, -0.1) is 0 Å². The number of rotatable bonds is 3. The number of pyridine rings is 1. The highest BCUT2D eigenvalue weighted by molar-refractivity contribution is 7.84. The fourth-order valence-electron chi connectivity index (χ4n) is 1.46. The van der Waals surface area contributed by atoms with Gasteiger partial charge in [-0.2, -0.15) is 4.40 Å². The predicted octanol–water partition coefficient (Wildman–Crippen LogP) is 4.03. The van der Waals surface area contributed by atoms with Crippen LogP contribution in [0.4, 0.5) is 0 Å². The number of hydrogen-bond acceptors (Lipinski definition) is 2. The molecule has 0 aliphatic carbocycles. The van der Waals surface area contributed by atoms with E-state index in [1.54, 1.807) is 18.2 Å². The predicted molar refractivity (Wildman–Crippen MR) is 82.6 cm³/mol. The van der Waals surface area contributed by atoms with Crippen LogP contribution in [0.3, 0.4) is 0 Å². The van der Waals surface area contributed by atoms with Crippen molar-refractivity contribution in [3.05, 3.63) is 40.0 Å². The van der Waals surface area contributed by atoms with Crippen LogP contribution in [0, 0.1) is 0 Å². The van der Waals surface area contributed by atoms with Crippen molar-refractivity contribution in [2.24, 2.45) is 4.40 Å². The molecule has 0 amide bonds. The van der Waals surface area contributed by atoms with E-state index in [2.05, 4.69) is 9.38 Å². The maximum Gasteiger partial charge on any atom is 0.141 e. The highest BCUT2D eigenvalue weighted by atomic mass is 35.5. The lowest BCUT2D eigenvalue weighted by Gasteiger charge is -2.03. The van der Waals surface area contributed by atoms with Gasteiger partial charge < -0.3 is 0 Å². The molecule has 19 heavy (non-hydrogen) atoms. The highest BCUT2D eigenvalue weighted by Gasteiger charge is 2.06. The molecule has 3 nitrogen and oxygen atoms in total. The summed E-state index contributed by atoms with van der Waals surface area (Å²) in [5.41, 5.74) is 1.39. The van der Waals surface area contributed by atoms with E-state index >= 15 is 0 Å². The average molecular weight is 315 g/mol. The molecule has 6 heteroatoms. The second kappa shape index (κ2) is 5.99. The summed E-state index contributed by atoms with van der Waals surface area (Å²) in [6.45, 7) is 3.68. The first-order chi connectivity index (χ1) is 8.97. The quantitative estimate of drug-likeness (QED) is 0.634. The van der Waals surface area contributed by atoms with Crippen LogP contribution in [0.5, 0.6) is 0 Å². The van der Waals surface area contributed by atoms with Gasteiger partial charge in [0.2, 0.25) is 0 Å². The Morgan fingerprint density at radius 2 is 2.05 bits per heavy atom. The molecule has 100 valence electrons. The largest absolute Gasteiger partial charge is 0.235 e. The summed E-state index contributed by atoms with van der Waals surface area (Å²) >= 11 is 12.0. The van der Waals surface area contributed by atoms with E-state index in [0.717, 1.165) is 10.9 Å². The molecule has 1 atom stereocenters. The topological polar surface area (TPSA) is 42.3 Å². The maximum atomic E-state index is 11.6. The van der Waals surface area contributed by atoms with Gasteiger partial charge in [0.15, 0.2) is 0 Å². The Bertz CT molecular complexity index is 671. The van der Waals surface area contributed by atoms with Gasteiger partial charge in [0, 0.05) is 22.2 Å². The lowest BCUT2D eigenvalue weighted by molar-refractivity contribution is 0.678. The Balaban J connectivity index is 2.43. The van der Waals surface area contributed by atoms with Gasteiger partial charge in [-0.3, -0.25) is 0 Å². The summed E-state index contributed by atoms with van der Waals surface area (Å²) in [6.07, 6.45) is 1.49. The molecule has 0 fully saturated rings. The van der Waals surface area contributed by atoms with Crippen molar-refractivity contribution < 1.29 is 4.21 Å². The van der Waals surface area contributed by atoms with E-state index in [-0.39, 0.29) is 5.25 Å². The molecule has 2 rings (SSSR count). The van der Waals surface area contributed by atoms with Crippen molar-refractivity contribution in [1.29, 1.82) is 0 Å². The van der Waals surface area contributed by atoms with E-state index in [0.29, 0.717) is 15.7 Å². The van der Waals surface area contributed by atoms with Gasteiger partial charge in [-0.25, -0.2) is 9.19 Å². The Labute approximate surface area is 124 Å². The van der Waals surface area contributed by atoms with Crippen LogP contribution >= 0.6 is 23.2 Å². The molecule has 0 aliphatic rings. The van der Waals surface area contributed by atoms with Crippen LogP contribution in [0.15, 0.2) is 28.7 Å². The zero-order valence-electron chi connectivity index (χ0n) is 10.4. The first kappa shape index (κ1) is 14.4. The minimum Gasteiger partial charge on any atom is -0.235 e. The third-order valence-corrected chi connectivity index (χ3v) is 4.11. The molecule has 1 heterocycles. The van der Waals surface area contributed by atoms with Crippen molar-refractivity contribution in [2.75, 3.05) is 0 Å². The summed E-state index contributed by atoms with van der Waals surface area (Å²) in [5, 5.41) is 1.80. The molecule has 0 N–H and O–H groups in total. The fourth-order valence-corrected chi connectivity index (χ4v) is 2.30. The van der Waals surface area contributed by atoms with Gasteiger partial charge in [0.25, 0.3) is 0 Å². The smallest absolute Gasteiger partial charge is 0.141 e. The number of nitrogens with zero attached hydrogens (tertiary/aromatic N) is 2. The molecule has 0 unspecified atom stereocenters. The molecule has 2 aromatic rings. The Kier molecular flexibility index (Phi) is 4.55. The molecule has 0 spiro atoms. The van der Waals surface area contributed by atoms with Gasteiger partial charge in [-0.05, 0) is 38.1 Å². The fraction of sp³-hybridized carbons (Fsp3) is 0.231. The summed E-state index contributed by atoms with van der Waals surface area (Å²) in [4.78, 5) is 4.26. The number of hydrogen-bond donors (Lipinski definition) is 0. The number of fused-ring (bicyclic) bond motifs is 1. The zero-order valence-corrected chi connectivity index (χ0v) is 12.8. The van der Waals surface area contributed by atoms with E-state index in [1.807, 2.05) is 19.9 Å². The summed E-state index contributed by atoms with van der Waals surface area (Å²) in [7, 11) is -1.26. The molecule has 1 aromatic carbocycles. The Hall–Kier alpha value is -0.970. The zero-order chi connectivity index (χ0) is 14.0. The van der Waals surface area contributed by atoms with E-state index < -0.39 is 11.0 Å². The maximum absolute atomic E-state index is 11.6. The highest BCUT2D eigenvalue weighted by Crippen LogP contribution is 2.22. The van der Waals surface area contributed by atoms with Crippen LogP contribution in [0.25, 0.3) is 10.9 Å². The van der Waals surface area contributed by atoms with E-state index in [1.165, 1.54) is 6.21 Å². The number of aromatic nitrogens is 1. The first-order valence-corrected chi connectivity index (χ1v) is 7.60. The lowest BCUT2D eigenvalue weighted by Crippen LogP contribution is -2.02. The molecular weight excluding hydrogens is 303 g/mol. The van der Waals surface area contributed by atoms with E-state index in [9.17, 15) is 4.21 Å². The number of halogens is 2. The summed E-state index contributed by atoms with van der Waals surface area (Å²) in [5.74, 6) is 0. The van der Waals surface area contributed by atoms with Crippen molar-refractivity contribution in [3.63, 3.8) is 0 Å². The lowest BCUT2D eigenvalue weighted by atomic mass is 10.2. The normalized spacial score (nSPS) is 13.5. The monoisotopic (exact) mass is 314 g/mol. The van der Waals surface area contributed by atoms with Crippen LogP contribution in [-0.2, 0) is 11.0 Å². The van der Waals surface area contributed by atoms with Gasteiger partial charge in [0.1, 0.15) is 16.1 Å². The second-order valence-corrected chi connectivity index (χ2v) is 6.77. The third kappa shape index (κ3) is 3.53.